The van der Waals surface area contributed by atoms with Crippen LogP contribution >= 0.6 is 0 Å². The minimum atomic E-state index is -0.772. The highest BCUT2D eigenvalue weighted by molar-refractivity contribution is 6.05. The number of rotatable bonds is 7. The minimum Gasteiger partial charge on any atom is -0.322 e. The van der Waals surface area contributed by atoms with E-state index in [4.69, 9.17) is 0 Å². The lowest BCUT2D eigenvalue weighted by molar-refractivity contribution is -0.394. The third kappa shape index (κ3) is 4.84. The van der Waals surface area contributed by atoms with Gasteiger partial charge in [0.25, 0.3) is 17.3 Å². The number of nitro groups is 2. The lowest BCUT2D eigenvalue weighted by atomic mass is 10.1. The first-order valence-electron chi connectivity index (χ1n) is 7.75. The summed E-state index contributed by atoms with van der Waals surface area (Å²) in [6.45, 7) is 2.10. The van der Waals surface area contributed by atoms with Gasteiger partial charge in [0, 0.05) is 17.8 Å². The van der Waals surface area contributed by atoms with Crippen molar-refractivity contribution in [3.63, 3.8) is 0 Å². The smallest absolute Gasteiger partial charge is 0.277 e. The number of non-ortho nitro benzene ring substituents is 2. The first kappa shape index (κ1) is 18.1. The molecular formula is C17H17N3O5. The van der Waals surface area contributed by atoms with Gasteiger partial charge < -0.3 is 5.32 Å². The zero-order valence-electron chi connectivity index (χ0n) is 13.6. The van der Waals surface area contributed by atoms with E-state index in [9.17, 15) is 25.0 Å². The molecule has 1 N–H and O–H groups in total. The van der Waals surface area contributed by atoms with E-state index in [1.165, 1.54) is 0 Å². The Morgan fingerprint density at radius 1 is 1.00 bits per heavy atom. The van der Waals surface area contributed by atoms with Gasteiger partial charge in [-0.2, -0.15) is 0 Å². The van der Waals surface area contributed by atoms with E-state index in [1.54, 1.807) is 12.1 Å². The topological polar surface area (TPSA) is 115 Å². The summed E-state index contributed by atoms with van der Waals surface area (Å²) in [7, 11) is 0. The van der Waals surface area contributed by atoms with E-state index >= 15 is 0 Å². The molecule has 25 heavy (non-hydrogen) atoms. The molecule has 1 amide bonds. The molecule has 2 rings (SSSR count). The summed E-state index contributed by atoms with van der Waals surface area (Å²) in [6.07, 6.45) is 3.11. The van der Waals surface area contributed by atoms with Crippen LogP contribution in [-0.4, -0.2) is 15.8 Å². The summed E-state index contributed by atoms with van der Waals surface area (Å²) >= 11 is 0. The maximum atomic E-state index is 12.3. The summed E-state index contributed by atoms with van der Waals surface area (Å²) in [5, 5.41) is 24.4. The van der Waals surface area contributed by atoms with Crippen LogP contribution in [0.2, 0.25) is 0 Å². The van der Waals surface area contributed by atoms with Gasteiger partial charge in [0.05, 0.1) is 21.5 Å². The molecule has 0 spiro atoms. The van der Waals surface area contributed by atoms with Crippen molar-refractivity contribution >= 4 is 23.0 Å². The quantitative estimate of drug-likeness (QED) is 0.600. The van der Waals surface area contributed by atoms with Crippen molar-refractivity contribution in [3.8, 4) is 0 Å². The molecule has 0 radical (unpaired) electrons. The first-order valence-corrected chi connectivity index (χ1v) is 7.75. The van der Waals surface area contributed by atoms with Gasteiger partial charge in [0.1, 0.15) is 0 Å². The number of amides is 1. The Kier molecular flexibility index (Phi) is 5.78. The van der Waals surface area contributed by atoms with Crippen molar-refractivity contribution < 1.29 is 14.6 Å². The monoisotopic (exact) mass is 343 g/mol. The van der Waals surface area contributed by atoms with Crippen LogP contribution in [0.4, 0.5) is 17.1 Å². The number of unbranched alkanes of at least 4 members (excludes halogenated alkanes) is 1. The molecule has 0 aliphatic heterocycles. The largest absolute Gasteiger partial charge is 0.322 e. The molecule has 0 aliphatic rings. The summed E-state index contributed by atoms with van der Waals surface area (Å²) < 4.78 is 0. The maximum Gasteiger partial charge on any atom is 0.277 e. The van der Waals surface area contributed by atoms with Gasteiger partial charge in [0.15, 0.2) is 0 Å². The van der Waals surface area contributed by atoms with E-state index in [0.717, 1.165) is 43.0 Å². The van der Waals surface area contributed by atoms with Crippen molar-refractivity contribution in [2.24, 2.45) is 0 Å². The normalized spacial score (nSPS) is 10.3. The average Bonchev–Trinajstić information content (AvgIpc) is 2.60. The zero-order valence-corrected chi connectivity index (χ0v) is 13.6. The van der Waals surface area contributed by atoms with Crippen LogP contribution in [0.3, 0.4) is 0 Å². The number of carbonyl (C=O) groups excluding carboxylic acids is 1. The van der Waals surface area contributed by atoms with Gasteiger partial charge in [0.2, 0.25) is 0 Å². The van der Waals surface area contributed by atoms with Crippen LogP contribution in [0.1, 0.15) is 35.7 Å². The Morgan fingerprint density at radius 2 is 1.56 bits per heavy atom. The molecule has 8 heteroatoms. The maximum absolute atomic E-state index is 12.3. The van der Waals surface area contributed by atoms with Crippen molar-refractivity contribution in [1.82, 2.24) is 0 Å². The van der Waals surface area contributed by atoms with Crippen LogP contribution in [0, 0.1) is 20.2 Å². The van der Waals surface area contributed by atoms with E-state index in [2.05, 4.69) is 12.2 Å². The fraction of sp³-hybridized carbons (Fsp3) is 0.235. The van der Waals surface area contributed by atoms with Crippen LogP contribution in [0.15, 0.2) is 42.5 Å². The Morgan fingerprint density at radius 3 is 2.04 bits per heavy atom. The molecule has 0 unspecified atom stereocenters. The molecule has 8 nitrogen and oxygen atoms in total. The van der Waals surface area contributed by atoms with Gasteiger partial charge in [-0.3, -0.25) is 25.0 Å². The fourth-order valence-corrected chi connectivity index (χ4v) is 2.28. The predicted molar refractivity (Wildman–Crippen MR) is 92.8 cm³/mol. The molecule has 0 heterocycles. The van der Waals surface area contributed by atoms with E-state index in [-0.39, 0.29) is 5.56 Å². The Labute approximate surface area is 143 Å². The highest BCUT2D eigenvalue weighted by atomic mass is 16.6. The van der Waals surface area contributed by atoms with E-state index < -0.39 is 27.1 Å². The van der Waals surface area contributed by atoms with Gasteiger partial charge in [-0.15, -0.1) is 0 Å². The summed E-state index contributed by atoms with van der Waals surface area (Å²) in [5.74, 6) is -0.645. The number of nitrogens with zero attached hydrogens (tertiary/aromatic N) is 2. The van der Waals surface area contributed by atoms with Gasteiger partial charge in [-0.05, 0) is 30.5 Å². The SMILES string of the molecule is CCCCc1ccc(NC(=O)c2cc([N+](=O)[O-])cc([N+](=O)[O-])c2)cc1. The Balaban J connectivity index is 2.19. The van der Waals surface area contributed by atoms with Gasteiger partial charge in [-0.1, -0.05) is 25.5 Å². The number of anilines is 1. The lowest BCUT2D eigenvalue weighted by Crippen LogP contribution is -2.12. The molecule has 130 valence electrons. The molecule has 2 aromatic carbocycles. The number of hydrogen-bond donors (Lipinski definition) is 1. The van der Waals surface area contributed by atoms with Crippen molar-refractivity contribution in [3.05, 3.63) is 73.8 Å². The third-order valence-corrected chi connectivity index (χ3v) is 3.62. The molecule has 0 fully saturated rings. The van der Waals surface area contributed by atoms with Crippen LogP contribution in [0.25, 0.3) is 0 Å². The van der Waals surface area contributed by atoms with Crippen molar-refractivity contribution in [1.29, 1.82) is 0 Å². The lowest BCUT2D eigenvalue weighted by Gasteiger charge is -2.07. The number of carbonyl (C=O) groups is 1. The van der Waals surface area contributed by atoms with E-state index in [1.807, 2.05) is 12.1 Å². The molecule has 0 bridgehead atoms. The number of nitro benzene ring substituents is 2. The second-order valence-corrected chi connectivity index (χ2v) is 5.51. The molecule has 0 aromatic heterocycles. The highest BCUT2D eigenvalue weighted by Crippen LogP contribution is 2.23. The average molecular weight is 343 g/mol. The summed E-state index contributed by atoms with van der Waals surface area (Å²) in [4.78, 5) is 32.5. The number of hydrogen-bond acceptors (Lipinski definition) is 5. The highest BCUT2D eigenvalue weighted by Gasteiger charge is 2.19. The number of nitrogens with one attached hydrogen (secondary N) is 1. The molecule has 0 atom stereocenters. The predicted octanol–water partition coefficient (Wildman–Crippen LogP) is 4.10. The first-order chi connectivity index (χ1) is 11.9. The second kappa shape index (κ2) is 8.00. The molecular weight excluding hydrogens is 326 g/mol. The second-order valence-electron chi connectivity index (χ2n) is 5.51. The van der Waals surface area contributed by atoms with Crippen LogP contribution < -0.4 is 5.32 Å². The number of benzene rings is 2. The van der Waals surface area contributed by atoms with Gasteiger partial charge in [-0.25, -0.2) is 0 Å². The summed E-state index contributed by atoms with van der Waals surface area (Å²) in [5.41, 5.74) is 0.504. The summed E-state index contributed by atoms with van der Waals surface area (Å²) in [6, 6.07) is 10.1. The Hall–Kier alpha value is -3.29. The molecule has 0 saturated carbocycles. The Bertz CT molecular complexity index is 770. The minimum absolute atomic E-state index is 0.143. The molecule has 0 saturated heterocycles. The standard InChI is InChI=1S/C17H17N3O5/c1-2-3-4-12-5-7-14(8-6-12)18-17(21)13-9-15(19(22)23)11-16(10-13)20(24)25/h5-11H,2-4H2,1H3,(H,18,21). The third-order valence-electron chi connectivity index (χ3n) is 3.62. The zero-order chi connectivity index (χ0) is 18.4. The van der Waals surface area contributed by atoms with Gasteiger partial charge >= 0.3 is 0 Å². The van der Waals surface area contributed by atoms with Crippen molar-refractivity contribution in [2.75, 3.05) is 5.32 Å². The fourth-order valence-electron chi connectivity index (χ4n) is 2.28. The van der Waals surface area contributed by atoms with Crippen molar-refractivity contribution in [2.45, 2.75) is 26.2 Å². The number of aryl methyl sites for hydroxylation is 1. The molecule has 2 aromatic rings. The molecule has 0 aliphatic carbocycles. The van der Waals surface area contributed by atoms with Crippen LogP contribution in [0.5, 0.6) is 0 Å². The van der Waals surface area contributed by atoms with E-state index in [0.29, 0.717) is 5.69 Å². The van der Waals surface area contributed by atoms with Crippen LogP contribution in [-0.2, 0) is 6.42 Å².